The first-order valence-corrected chi connectivity index (χ1v) is 8.09. The molecule has 1 aromatic carbocycles. The van der Waals surface area contributed by atoms with E-state index in [1.54, 1.807) is 11.3 Å². The second kappa shape index (κ2) is 7.68. The fourth-order valence-corrected chi connectivity index (χ4v) is 2.97. The molecule has 19 heavy (non-hydrogen) atoms. The molecule has 2 aromatic rings. The van der Waals surface area contributed by atoms with Gasteiger partial charge >= 0.3 is 0 Å². The third-order valence-corrected chi connectivity index (χ3v) is 4.12. The standard InChI is InChI=1S/C16H20ClNS/c1-2-8-18-16(11-14-7-9-19-12-14)10-13-3-5-15(17)6-4-13/h3-7,9,12,16,18H,2,8,10-11H2,1H3. The molecular formula is C16H20ClNS. The highest BCUT2D eigenvalue weighted by atomic mass is 35.5. The van der Waals surface area contributed by atoms with Crippen molar-refractivity contribution in [1.29, 1.82) is 0 Å². The molecule has 1 unspecified atom stereocenters. The van der Waals surface area contributed by atoms with Gasteiger partial charge in [0, 0.05) is 11.1 Å². The van der Waals surface area contributed by atoms with Crippen LogP contribution < -0.4 is 5.32 Å². The number of benzene rings is 1. The van der Waals surface area contributed by atoms with Crippen LogP contribution in [0.25, 0.3) is 0 Å². The predicted molar refractivity (Wildman–Crippen MR) is 85.3 cm³/mol. The average molecular weight is 294 g/mol. The Balaban J connectivity index is 1.98. The molecule has 1 heterocycles. The maximum Gasteiger partial charge on any atom is 0.0406 e. The highest BCUT2D eigenvalue weighted by Gasteiger charge is 2.10. The van der Waals surface area contributed by atoms with Crippen LogP contribution in [0.5, 0.6) is 0 Å². The Kier molecular flexibility index (Phi) is 5.90. The molecule has 3 heteroatoms. The molecule has 0 saturated carbocycles. The summed E-state index contributed by atoms with van der Waals surface area (Å²) in [4.78, 5) is 0. The lowest BCUT2D eigenvalue weighted by molar-refractivity contribution is 0.505. The summed E-state index contributed by atoms with van der Waals surface area (Å²) >= 11 is 7.70. The van der Waals surface area contributed by atoms with Crippen molar-refractivity contribution in [1.82, 2.24) is 5.32 Å². The van der Waals surface area contributed by atoms with E-state index in [4.69, 9.17) is 11.6 Å². The molecule has 0 aliphatic heterocycles. The maximum atomic E-state index is 5.93. The number of hydrogen-bond acceptors (Lipinski definition) is 2. The SMILES string of the molecule is CCCNC(Cc1ccc(Cl)cc1)Cc1ccsc1. The molecule has 1 N–H and O–H groups in total. The highest BCUT2D eigenvalue weighted by molar-refractivity contribution is 7.07. The van der Waals surface area contributed by atoms with Gasteiger partial charge in [-0.05, 0) is 65.9 Å². The number of thiophene rings is 1. The largest absolute Gasteiger partial charge is 0.313 e. The Hall–Kier alpha value is -0.830. The number of rotatable bonds is 7. The lowest BCUT2D eigenvalue weighted by Crippen LogP contribution is -2.33. The zero-order valence-electron chi connectivity index (χ0n) is 11.2. The van der Waals surface area contributed by atoms with E-state index in [0.717, 1.165) is 24.4 Å². The van der Waals surface area contributed by atoms with Crippen molar-refractivity contribution in [3.8, 4) is 0 Å². The van der Waals surface area contributed by atoms with Gasteiger partial charge in [-0.15, -0.1) is 0 Å². The van der Waals surface area contributed by atoms with Crippen LogP contribution in [0.2, 0.25) is 5.02 Å². The topological polar surface area (TPSA) is 12.0 Å². The predicted octanol–water partition coefficient (Wildman–Crippen LogP) is 4.55. The van der Waals surface area contributed by atoms with E-state index in [-0.39, 0.29) is 0 Å². The van der Waals surface area contributed by atoms with Gasteiger partial charge in [0.15, 0.2) is 0 Å². The minimum atomic E-state index is 0.496. The number of halogens is 1. The molecule has 1 aromatic heterocycles. The van der Waals surface area contributed by atoms with Crippen LogP contribution in [0.4, 0.5) is 0 Å². The summed E-state index contributed by atoms with van der Waals surface area (Å²) in [6.45, 7) is 3.28. The van der Waals surface area contributed by atoms with Gasteiger partial charge in [-0.1, -0.05) is 30.7 Å². The third-order valence-electron chi connectivity index (χ3n) is 3.14. The highest BCUT2D eigenvalue weighted by Crippen LogP contribution is 2.14. The van der Waals surface area contributed by atoms with E-state index in [9.17, 15) is 0 Å². The van der Waals surface area contributed by atoms with E-state index in [1.807, 2.05) is 12.1 Å². The van der Waals surface area contributed by atoms with Gasteiger partial charge in [0.1, 0.15) is 0 Å². The molecule has 102 valence electrons. The summed E-state index contributed by atoms with van der Waals surface area (Å²) in [7, 11) is 0. The van der Waals surface area contributed by atoms with Crippen LogP contribution in [0.1, 0.15) is 24.5 Å². The molecule has 0 radical (unpaired) electrons. The summed E-state index contributed by atoms with van der Waals surface area (Å²) in [5.41, 5.74) is 2.76. The van der Waals surface area contributed by atoms with Crippen molar-refractivity contribution < 1.29 is 0 Å². The van der Waals surface area contributed by atoms with E-state index in [0.29, 0.717) is 6.04 Å². The van der Waals surface area contributed by atoms with E-state index >= 15 is 0 Å². The summed E-state index contributed by atoms with van der Waals surface area (Å²) < 4.78 is 0. The van der Waals surface area contributed by atoms with Gasteiger partial charge < -0.3 is 5.32 Å². The van der Waals surface area contributed by atoms with E-state index < -0.39 is 0 Å². The van der Waals surface area contributed by atoms with Gasteiger partial charge in [-0.3, -0.25) is 0 Å². The molecule has 0 bridgehead atoms. The molecule has 0 amide bonds. The molecule has 1 atom stereocenters. The zero-order chi connectivity index (χ0) is 13.5. The first-order chi connectivity index (χ1) is 9.28. The van der Waals surface area contributed by atoms with Crippen LogP contribution in [-0.2, 0) is 12.8 Å². The third kappa shape index (κ3) is 4.98. The monoisotopic (exact) mass is 293 g/mol. The first-order valence-electron chi connectivity index (χ1n) is 6.77. The first kappa shape index (κ1) is 14.6. The smallest absolute Gasteiger partial charge is 0.0406 e. The van der Waals surface area contributed by atoms with E-state index in [1.165, 1.54) is 17.5 Å². The van der Waals surface area contributed by atoms with Gasteiger partial charge in [0.05, 0.1) is 0 Å². The van der Waals surface area contributed by atoms with Gasteiger partial charge in [-0.2, -0.15) is 11.3 Å². The Morgan fingerprint density at radius 3 is 2.47 bits per heavy atom. The summed E-state index contributed by atoms with van der Waals surface area (Å²) in [5, 5.41) is 8.83. The molecule has 0 spiro atoms. The van der Waals surface area contributed by atoms with Crippen LogP contribution >= 0.6 is 22.9 Å². The number of hydrogen-bond donors (Lipinski definition) is 1. The summed E-state index contributed by atoms with van der Waals surface area (Å²) in [5.74, 6) is 0. The van der Waals surface area contributed by atoms with Crippen LogP contribution in [0, 0.1) is 0 Å². The fraction of sp³-hybridized carbons (Fsp3) is 0.375. The Morgan fingerprint density at radius 2 is 1.84 bits per heavy atom. The van der Waals surface area contributed by atoms with E-state index in [2.05, 4.69) is 41.2 Å². The lowest BCUT2D eigenvalue weighted by Gasteiger charge is -2.18. The van der Waals surface area contributed by atoms with Crippen molar-refractivity contribution in [3.63, 3.8) is 0 Å². The second-order valence-electron chi connectivity index (χ2n) is 4.82. The lowest BCUT2D eigenvalue weighted by atomic mass is 10.0. The minimum absolute atomic E-state index is 0.496. The minimum Gasteiger partial charge on any atom is -0.313 e. The van der Waals surface area contributed by atoms with Crippen LogP contribution in [0.15, 0.2) is 41.1 Å². The number of nitrogens with one attached hydrogen (secondary N) is 1. The van der Waals surface area contributed by atoms with Crippen LogP contribution in [0.3, 0.4) is 0 Å². The molecule has 1 nitrogen and oxygen atoms in total. The average Bonchev–Trinajstić information content (AvgIpc) is 2.91. The second-order valence-corrected chi connectivity index (χ2v) is 6.03. The summed E-state index contributed by atoms with van der Waals surface area (Å²) in [6.07, 6.45) is 3.31. The molecule has 0 aliphatic carbocycles. The summed E-state index contributed by atoms with van der Waals surface area (Å²) in [6, 6.07) is 10.9. The van der Waals surface area contributed by atoms with Gasteiger partial charge in [0.2, 0.25) is 0 Å². The Morgan fingerprint density at radius 1 is 1.11 bits per heavy atom. The normalized spacial score (nSPS) is 12.5. The zero-order valence-corrected chi connectivity index (χ0v) is 12.8. The fourth-order valence-electron chi connectivity index (χ4n) is 2.16. The molecule has 2 rings (SSSR count). The Bertz CT molecular complexity index is 464. The van der Waals surface area contributed by atoms with Crippen molar-refractivity contribution in [2.45, 2.75) is 32.2 Å². The van der Waals surface area contributed by atoms with Crippen molar-refractivity contribution >= 4 is 22.9 Å². The van der Waals surface area contributed by atoms with Gasteiger partial charge in [-0.25, -0.2) is 0 Å². The van der Waals surface area contributed by atoms with Gasteiger partial charge in [0.25, 0.3) is 0 Å². The van der Waals surface area contributed by atoms with Crippen molar-refractivity contribution in [2.75, 3.05) is 6.54 Å². The quantitative estimate of drug-likeness (QED) is 0.789. The Labute approximate surface area is 124 Å². The molecule has 0 saturated heterocycles. The molecule has 0 aliphatic rings. The molecule has 0 fully saturated rings. The maximum absolute atomic E-state index is 5.93. The van der Waals surface area contributed by atoms with Crippen LogP contribution in [-0.4, -0.2) is 12.6 Å². The van der Waals surface area contributed by atoms with Crippen molar-refractivity contribution in [3.05, 3.63) is 57.2 Å². The van der Waals surface area contributed by atoms with Crippen molar-refractivity contribution in [2.24, 2.45) is 0 Å². The molecular weight excluding hydrogens is 274 g/mol.